The fourth-order valence-electron chi connectivity index (χ4n) is 2.73. The molecule has 27 heavy (non-hydrogen) atoms. The zero-order chi connectivity index (χ0) is 19.5. The largest absolute Gasteiger partial charge is 0.493 e. The molecule has 0 unspecified atom stereocenters. The minimum absolute atomic E-state index is 0.232. The van der Waals surface area contributed by atoms with Crippen molar-refractivity contribution in [2.24, 2.45) is 0 Å². The summed E-state index contributed by atoms with van der Waals surface area (Å²) < 4.78 is 26.6. The number of benzene rings is 1. The highest BCUT2D eigenvalue weighted by Crippen LogP contribution is 2.28. The number of nitrogens with zero attached hydrogens (tertiary/aromatic N) is 1. The van der Waals surface area contributed by atoms with Gasteiger partial charge in [-0.1, -0.05) is 6.07 Å². The van der Waals surface area contributed by atoms with Crippen molar-refractivity contribution in [1.82, 2.24) is 4.90 Å². The minimum atomic E-state index is -0.614. The zero-order valence-electron chi connectivity index (χ0n) is 16.2. The van der Waals surface area contributed by atoms with Gasteiger partial charge in [0.2, 0.25) is 0 Å². The number of ether oxygens (including phenoxy) is 4. The van der Waals surface area contributed by atoms with Gasteiger partial charge in [-0.3, -0.25) is 4.90 Å². The van der Waals surface area contributed by atoms with Crippen molar-refractivity contribution in [3.05, 3.63) is 47.9 Å². The summed E-state index contributed by atoms with van der Waals surface area (Å²) in [5, 5.41) is 10.3. The standard InChI is InChI=1S/C20H29NO6/c1-23-10-8-21(12-16-6-7-19(24-2)20(11-16)25-3)13-17(22)14-26-15-18-5-4-9-27-18/h4-7,9,11,17,22H,8,10,12-15H2,1-3H3/t17-/m0/s1. The van der Waals surface area contributed by atoms with Gasteiger partial charge in [0, 0.05) is 26.7 Å². The molecule has 2 aromatic rings. The molecule has 0 fully saturated rings. The summed E-state index contributed by atoms with van der Waals surface area (Å²) in [6.45, 7) is 2.97. The maximum Gasteiger partial charge on any atom is 0.161 e. The first kappa shape index (κ1) is 21.2. The van der Waals surface area contributed by atoms with E-state index in [0.29, 0.717) is 44.3 Å². The molecule has 1 aromatic carbocycles. The molecule has 0 bridgehead atoms. The van der Waals surface area contributed by atoms with Gasteiger partial charge in [-0.25, -0.2) is 0 Å². The molecular weight excluding hydrogens is 350 g/mol. The van der Waals surface area contributed by atoms with Crippen LogP contribution in [0.2, 0.25) is 0 Å². The quantitative estimate of drug-likeness (QED) is 0.572. The highest BCUT2D eigenvalue weighted by Gasteiger charge is 2.14. The average Bonchev–Trinajstić information content (AvgIpc) is 3.19. The Morgan fingerprint density at radius 2 is 1.93 bits per heavy atom. The third-order valence-electron chi connectivity index (χ3n) is 4.07. The van der Waals surface area contributed by atoms with Crippen LogP contribution in [0.25, 0.3) is 0 Å². The van der Waals surface area contributed by atoms with E-state index in [2.05, 4.69) is 4.90 Å². The number of aliphatic hydroxyl groups excluding tert-OH is 1. The summed E-state index contributed by atoms with van der Waals surface area (Å²) in [5.74, 6) is 2.11. The van der Waals surface area contributed by atoms with Crippen LogP contribution in [0.1, 0.15) is 11.3 Å². The van der Waals surface area contributed by atoms with Crippen LogP contribution in [0, 0.1) is 0 Å². The van der Waals surface area contributed by atoms with Crippen molar-refractivity contribution in [2.45, 2.75) is 19.3 Å². The van der Waals surface area contributed by atoms with Crippen molar-refractivity contribution in [3.8, 4) is 11.5 Å². The molecule has 0 aliphatic heterocycles. The Morgan fingerprint density at radius 3 is 2.59 bits per heavy atom. The minimum Gasteiger partial charge on any atom is -0.493 e. The lowest BCUT2D eigenvalue weighted by Crippen LogP contribution is -2.36. The van der Waals surface area contributed by atoms with E-state index in [4.69, 9.17) is 23.4 Å². The molecule has 2 rings (SSSR count). The normalized spacial score (nSPS) is 12.3. The topological polar surface area (TPSA) is 73.5 Å². The third-order valence-corrected chi connectivity index (χ3v) is 4.07. The molecule has 0 amide bonds. The Hall–Kier alpha value is -2.06. The van der Waals surface area contributed by atoms with Crippen LogP contribution in [-0.2, 0) is 22.6 Å². The van der Waals surface area contributed by atoms with Crippen LogP contribution < -0.4 is 9.47 Å². The van der Waals surface area contributed by atoms with E-state index >= 15 is 0 Å². The number of hydrogen-bond donors (Lipinski definition) is 1. The Balaban J connectivity index is 1.89. The first-order valence-electron chi connectivity index (χ1n) is 8.86. The maximum atomic E-state index is 10.3. The second-order valence-electron chi connectivity index (χ2n) is 6.17. The van der Waals surface area contributed by atoms with Crippen LogP contribution in [0.15, 0.2) is 41.0 Å². The average molecular weight is 379 g/mol. The van der Waals surface area contributed by atoms with E-state index < -0.39 is 6.10 Å². The Morgan fingerprint density at radius 1 is 1.11 bits per heavy atom. The van der Waals surface area contributed by atoms with Gasteiger partial charge < -0.3 is 28.5 Å². The second kappa shape index (κ2) is 11.6. The molecule has 1 atom stereocenters. The summed E-state index contributed by atoms with van der Waals surface area (Å²) in [4.78, 5) is 2.12. The molecule has 0 saturated heterocycles. The fraction of sp³-hybridized carbons (Fsp3) is 0.500. The van der Waals surface area contributed by atoms with Gasteiger partial charge >= 0.3 is 0 Å². The Bertz CT molecular complexity index is 646. The molecule has 150 valence electrons. The van der Waals surface area contributed by atoms with Gasteiger partial charge in [0.25, 0.3) is 0 Å². The molecule has 1 heterocycles. The Labute approximate surface area is 160 Å². The van der Waals surface area contributed by atoms with Gasteiger partial charge in [0.15, 0.2) is 11.5 Å². The predicted octanol–water partition coefficient (Wildman–Crippen LogP) is 2.32. The van der Waals surface area contributed by atoms with Crippen molar-refractivity contribution < 1.29 is 28.5 Å². The first-order valence-corrected chi connectivity index (χ1v) is 8.86. The summed E-state index contributed by atoms with van der Waals surface area (Å²) >= 11 is 0. The van der Waals surface area contributed by atoms with E-state index in [0.717, 1.165) is 11.3 Å². The molecule has 0 aliphatic rings. The van der Waals surface area contributed by atoms with Crippen molar-refractivity contribution in [2.75, 3.05) is 47.6 Å². The van der Waals surface area contributed by atoms with Gasteiger partial charge in [-0.05, 0) is 29.8 Å². The lowest BCUT2D eigenvalue weighted by molar-refractivity contribution is 0.000478. The summed E-state index contributed by atoms with van der Waals surface area (Å²) in [6.07, 6.45) is 0.988. The summed E-state index contributed by atoms with van der Waals surface area (Å²) in [7, 11) is 4.89. The zero-order valence-corrected chi connectivity index (χ0v) is 16.2. The monoisotopic (exact) mass is 379 g/mol. The predicted molar refractivity (Wildman–Crippen MR) is 101 cm³/mol. The first-order chi connectivity index (χ1) is 13.2. The number of furan rings is 1. The Kier molecular flexibility index (Phi) is 9.13. The number of hydrogen-bond acceptors (Lipinski definition) is 7. The van der Waals surface area contributed by atoms with E-state index in [1.165, 1.54) is 0 Å². The smallest absolute Gasteiger partial charge is 0.161 e. The lowest BCUT2D eigenvalue weighted by atomic mass is 10.1. The van der Waals surface area contributed by atoms with E-state index in [9.17, 15) is 5.11 Å². The van der Waals surface area contributed by atoms with Crippen LogP contribution >= 0.6 is 0 Å². The van der Waals surface area contributed by atoms with Crippen LogP contribution in [-0.4, -0.2) is 63.7 Å². The van der Waals surface area contributed by atoms with Crippen LogP contribution in [0.5, 0.6) is 11.5 Å². The fourth-order valence-corrected chi connectivity index (χ4v) is 2.73. The highest BCUT2D eigenvalue weighted by molar-refractivity contribution is 5.42. The molecule has 0 aliphatic carbocycles. The van der Waals surface area contributed by atoms with Crippen molar-refractivity contribution in [3.63, 3.8) is 0 Å². The molecular formula is C20H29NO6. The molecule has 0 radical (unpaired) electrons. The van der Waals surface area contributed by atoms with Gasteiger partial charge in [0.1, 0.15) is 12.4 Å². The third kappa shape index (κ3) is 7.22. The van der Waals surface area contributed by atoms with Gasteiger partial charge in [-0.15, -0.1) is 0 Å². The number of rotatable bonds is 13. The molecule has 0 spiro atoms. The molecule has 0 saturated carbocycles. The number of methoxy groups -OCH3 is 3. The molecule has 7 nitrogen and oxygen atoms in total. The SMILES string of the molecule is COCCN(Cc1ccc(OC)c(OC)c1)C[C@H](O)COCc1ccco1. The summed E-state index contributed by atoms with van der Waals surface area (Å²) in [6, 6.07) is 9.46. The molecule has 1 aromatic heterocycles. The maximum absolute atomic E-state index is 10.3. The lowest BCUT2D eigenvalue weighted by Gasteiger charge is -2.25. The second-order valence-corrected chi connectivity index (χ2v) is 6.17. The van der Waals surface area contributed by atoms with Gasteiger partial charge in [-0.2, -0.15) is 0 Å². The molecule has 7 heteroatoms. The van der Waals surface area contributed by atoms with Crippen molar-refractivity contribution >= 4 is 0 Å². The number of aliphatic hydroxyl groups is 1. The molecule has 1 N–H and O–H groups in total. The highest BCUT2D eigenvalue weighted by atomic mass is 16.5. The van der Waals surface area contributed by atoms with Crippen molar-refractivity contribution in [1.29, 1.82) is 0 Å². The summed E-state index contributed by atoms with van der Waals surface area (Å²) in [5.41, 5.74) is 1.06. The van der Waals surface area contributed by atoms with E-state index in [-0.39, 0.29) is 6.61 Å². The van der Waals surface area contributed by atoms with Crippen LogP contribution in [0.4, 0.5) is 0 Å². The van der Waals surface area contributed by atoms with E-state index in [1.54, 1.807) is 27.6 Å². The van der Waals surface area contributed by atoms with Gasteiger partial charge in [0.05, 0.1) is 39.8 Å². The van der Waals surface area contributed by atoms with Crippen LogP contribution in [0.3, 0.4) is 0 Å². The van der Waals surface area contributed by atoms with E-state index in [1.807, 2.05) is 30.3 Å².